The SMILES string of the molecule is CCCNc1ccc(C(=O)N(C)Cc2cccs2)cc1. The summed E-state index contributed by atoms with van der Waals surface area (Å²) >= 11 is 1.67. The molecule has 2 aromatic rings. The summed E-state index contributed by atoms with van der Waals surface area (Å²) < 4.78 is 0. The lowest BCUT2D eigenvalue weighted by molar-refractivity contribution is 0.0786. The van der Waals surface area contributed by atoms with Crippen LogP contribution >= 0.6 is 11.3 Å². The first-order valence-corrected chi connectivity index (χ1v) is 7.70. The van der Waals surface area contributed by atoms with Crippen LogP contribution in [0.3, 0.4) is 0 Å². The van der Waals surface area contributed by atoms with E-state index >= 15 is 0 Å². The second-order valence-corrected chi connectivity index (χ2v) is 5.78. The molecule has 2 rings (SSSR count). The van der Waals surface area contributed by atoms with Crippen molar-refractivity contribution in [2.24, 2.45) is 0 Å². The number of nitrogens with one attached hydrogen (secondary N) is 1. The van der Waals surface area contributed by atoms with Crippen LogP contribution in [0.1, 0.15) is 28.6 Å². The van der Waals surface area contributed by atoms with E-state index in [2.05, 4.69) is 12.2 Å². The molecule has 0 unspecified atom stereocenters. The lowest BCUT2D eigenvalue weighted by Gasteiger charge is -2.16. The predicted octanol–water partition coefficient (Wildman–Crippen LogP) is 3.84. The van der Waals surface area contributed by atoms with Crippen molar-refractivity contribution >= 4 is 22.9 Å². The topological polar surface area (TPSA) is 32.3 Å². The van der Waals surface area contributed by atoms with Gasteiger partial charge in [0.2, 0.25) is 0 Å². The van der Waals surface area contributed by atoms with Gasteiger partial charge >= 0.3 is 0 Å². The van der Waals surface area contributed by atoms with Crippen LogP contribution < -0.4 is 5.32 Å². The van der Waals surface area contributed by atoms with E-state index in [1.54, 1.807) is 16.2 Å². The second-order valence-electron chi connectivity index (χ2n) is 4.74. The Morgan fingerprint density at radius 3 is 2.60 bits per heavy atom. The molecule has 0 saturated carbocycles. The van der Waals surface area contributed by atoms with E-state index < -0.39 is 0 Å². The molecule has 0 aliphatic rings. The minimum atomic E-state index is 0.0560. The third kappa shape index (κ3) is 3.84. The average Bonchev–Trinajstić information content (AvgIpc) is 2.97. The zero-order chi connectivity index (χ0) is 14.4. The molecular formula is C16H20N2OS. The molecule has 0 fully saturated rings. The summed E-state index contributed by atoms with van der Waals surface area (Å²) in [6, 6.07) is 11.7. The molecule has 1 N–H and O–H groups in total. The second kappa shape index (κ2) is 7.10. The maximum Gasteiger partial charge on any atom is 0.253 e. The molecule has 0 spiro atoms. The summed E-state index contributed by atoms with van der Waals surface area (Å²) in [5, 5.41) is 5.33. The minimum Gasteiger partial charge on any atom is -0.385 e. The highest BCUT2D eigenvalue weighted by atomic mass is 32.1. The monoisotopic (exact) mass is 288 g/mol. The maximum atomic E-state index is 12.3. The first-order chi connectivity index (χ1) is 9.70. The largest absolute Gasteiger partial charge is 0.385 e. The van der Waals surface area contributed by atoms with Gasteiger partial charge in [0.1, 0.15) is 0 Å². The van der Waals surface area contributed by atoms with Crippen LogP contribution in [0.5, 0.6) is 0 Å². The summed E-state index contributed by atoms with van der Waals surface area (Å²) in [7, 11) is 1.84. The maximum absolute atomic E-state index is 12.3. The summed E-state index contributed by atoms with van der Waals surface area (Å²) in [5.41, 5.74) is 1.79. The van der Waals surface area contributed by atoms with Crippen LogP contribution in [0.15, 0.2) is 41.8 Å². The number of nitrogens with zero attached hydrogens (tertiary/aromatic N) is 1. The molecule has 0 atom stereocenters. The third-order valence-corrected chi connectivity index (χ3v) is 3.89. The number of hydrogen-bond donors (Lipinski definition) is 1. The van der Waals surface area contributed by atoms with Crippen LogP contribution in [-0.2, 0) is 6.54 Å². The van der Waals surface area contributed by atoms with Crippen LogP contribution in [0.4, 0.5) is 5.69 Å². The minimum absolute atomic E-state index is 0.0560. The zero-order valence-electron chi connectivity index (χ0n) is 11.9. The Balaban J connectivity index is 1.97. The summed E-state index contributed by atoms with van der Waals surface area (Å²) in [6.45, 7) is 3.74. The number of thiophene rings is 1. The van der Waals surface area contributed by atoms with Crippen molar-refractivity contribution < 1.29 is 4.79 Å². The molecule has 1 aromatic heterocycles. The Kier molecular flexibility index (Phi) is 5.18. The number of rotatable bonds is 6. The number of carbonyl (C=O) groups is 1. The highest BCUT2D eigenvalue weighted by Gasteiger charge is 2.12. The van der Waals surface area contributed by atoms with Gasteiger partial charge in [-0.1, -0.05) is 13.0 Å². The smallest absolute Gasteiger partial charge is 0.253 e. The van der Waals surface area contributed by atoms with E-state index in [4.69, 9.17) is 0 Å². The first-order valence-electron chi connectivity index (χ1n) is 6.82. The van der Waals surface area contributed by atoms with Gasteiger partial charge < -0.3 is 10.2 Å². The van der Waals surface area contributed by atoms with Crippen molar-refractivity contribution in [3.63, 3.8) is 0 Å². The Bertz CT molecular complexity index is 534. The highest BCUT2D eigenvalue weighted by Crippen LogP contribution is 2.15. The van der Waals surface area contributed by atoms with Crippen molar-refractivity contribution in [2.45, 2.75) is 19.9 Å². The van der Waals surface area contributed by atoms with Crippen LogP contribution in [0.2, 0.25) is 0 Å². The predicted molar refractivity (Wildman–Crippen MR) is 85.3 cm³/mol. The Hall–Kier alpha value is -1.81. The molecule has 20 heavy (non-hydrogen) atoms. The lowest BCUT2D eigenvalue weighted by Crippen LogP contribution is -2.25. The number of amides is 1. The Labute approximate surface area is 124 Å². The fraction of sp³-hybridized carbons (Fsp3) is 0.312. The van der Waals surface area contributed by atoms with Crippen LogP contribution in [0.25, 0.3) is 0 Å². The van der Waals surface area contributed by atoms with E-state index in [0.717, 1.165) is 24.2 Å². The normalized spacial score (nSPS) is 10.3. The molecule has 0 aliphatic carbocycles. The summed E-state index contributed by atoms with van der Waals surface area (Å²) in [6.07, 6.45) is 1.09. The third-order valence-electron chi connectivity index (χ3n) is 3.03. The van der Waals surface area contributed by atoms with Crippen molar-refractivity contribution in [1.29, 1.82) is 0 Å². The summed E-state index contributed by atoms with van der Waals surface area (Å²) in [5.74, 6) is 0.0560. The van der Waals surface area contributed by atoms with Crippen molar-refractivity contribution in [1.82, 2.24) is 4.90 Å². The van der Waals surface area contributed by atoms with Gasteiger partial charge in [-0.15, -0.1) is 11.3 Å². The van der Waals surface area contributed by atoms with Gasteiger partial charge in [-0.05, 0) is 42.1 Å². The van der Waals surface area contributed by atoms with E-state index in [0.29, 0.717) is 6.54 Å². The first kappa shape index (κ1) is 14.6. The molecule has 1 amide bonds. The van der Waals surface area contributed by atoms with Crippen molar-refractivity contribution in [3.05, 3.63) is 52.2 Å². The summed E-state index contributed by atoms with van der Waals surface area (Å²) in [4.78, 5) is 15.3. The fourth-order valence-electron chi connectivity index (χ4n) is 1.93. The number of carbonyl (C=O) groups excluding carboxylic acids is 1. The standard InChI is InChI=1S/C16H20N2OS/c1-3-10-17-14-8-6-13(7-9-14)16(19)18(2)12-15-5-4-11-20-15/h4-9,11,17H,3,10,12H2,1-2H3. The quantitative estimate of drug-likeness (QED) is 0.876. The number of anilines is 1. The van der Waals surface area contributed by atoms with E-state index in [-0.39, 0.29) is 5.91 Å². The highest BCUT2D eigenvalue weighted by molar-refractivity contribution is 7.09. The van der Waals surface area contributed by atoms with Gasteiger partial charge in [-0.3, -0.25) is 4.79 Å². The average molecular weight is 288 g/mol. The Morgan fingerprint density at radius 2 is 2.00 bits per heavy atom. The van der Waals surface area contributed by atoms with Gasteiger partial charge in [0.15, 0.2) is 0 Å². The molecule has 4 heteroatoms. The molecule has 0 saturated heterocycles. The van der Waals surface area contributed by atoms with Gasteiger partial charge in [0, 0.05) is 29.7 Å². The van der Waals surface area contributed by atoms with Gasteiger partial charge in [-0.2, -0.15) is 0 Å². The molecule has 1 heterocycles. The van der Waals surface area contributed by atoms with E-state index in [9.17, 15) is 4.79 Å². The fourth-order valence-corrected chi connectivity index (χ4v) is 2.69. The molecule has 0 radical (unpaired) electrons. The van der Waals surface area contributed by atoms with E-state index in [1.165, 1.54) is 4.88 Å². The molecular weight excluding hydrogens is 268 g/mol. The lowest BCUT2D eigenvalue weighted by atomic mass is 10.2. The molecule has 1 aromatic carbocycles. The number of benzene rings is 1. The van der Waals surface area contributed by atoms with E-state index in [1.807, 2.05) is 48.8 Å². The molecule has 106 valence electrons. The van der Waals surface area contributed by atoms with Crippen LogP contribution in [-0.4, -0.2) is 24.4 Å². The van der Waals surface area contributed by atoms with Gasteiger partial charge in [0.05, 0.1) is 6.54 Å². The molecule has 0 bridgehead atoms. The number of hydrogen-bond acceptors (Lipinski definition) is 3. The van der Waals surface area contributed by atoms with Crippen molar-refractivity contribution in [2.75, 3.05) is 18.9 Å². The van der Waals surface area contributed by atoms with Gasteiger partial charge in [-0.25, -0.2) is 0 Å². The van der Waals surface area contributed by atoms with Crippen LogP contribution in [0, 0.1) is 0 Å². The Morgan fingerprint density at radius 1 is 1.25 bits per heavy atom. The van der Waals surface area contributed by atoms with Gasteiger partial charge in [0.25, 0.3) is 5.91 Å². The zero-order valence-corrected chi connectivity index (χ0v) is 12.7. The van der Waals surface area contributed by atoms with Crippen molar-refractivity contribution in [3.8, 4) is 0 Å². The molecule has 3 nitrogen and oxygen atoms in total. The molecule has 0 aliphatic heterocycles.